The van der Waals surface area contributed by atoms with E-state index < -0.39 is 29.0 Å². The van der Waals surface area contributed by atoms with Gasteiger partial charge < -0.3 is 10.0 Å². The molecule has 5 heteroatoms. The Bertz CT molecular complexity index is 556. The monoisotopic (exact) mass is 279 g/mol. The lowest BCUT2D eigenvalue weighted by Crippen LogP contribution is -2.33. The van der Waals surface area contributed by atoms with Gasteiger partial charge in [-0.05, 0) is 30.5 Å². The molecule has 0 aromatic heterocycles. The van der Waals surface area contributed by atoms with E-state index in [1.54, 1.807) is 26.8 Å². The standard InChI is InChI=1S/C15H18FNO3/c1-4-17(10-7-5-6-9(16)8-10)13(18)11-12(14(19)20)15(11,2)3/h5-8,11-12H,4H2,1-3H3,(H,19,20). The summed E-state index contributed by atoms with van der Waals surface area (Å²) < 4.78 is 13.3. The number of carboxylic acids is 1. The van der Waals surface area contributed by atoms with Crippen molar-refractivity contribution in [1.29, 1.82) is 0 Å². The molecule has 0 radical (unpaired) electrons. The smallest absolute Gasteiger partial charge is 0.307 e. The first-order valence-corrected chi connectivity index (χ1v) is 6.60. The van der Waals surface area contributed by atoms with Crippen molar-refractivity contribution in [3.63, 3.8) is 0 Å². The molecule has 0 saturated heterocycles. The van der Waals surface area contributed by atoms with Gasteiger partial charge in [-0.1, -0.05) is 19.9 Å². The van der Waals surface area contributed by atoms with E-state index in [4.69, 9.17) is 5.11 Å². The first-order valence-electron chi connectivity index (χ1n) is 6.60. The second-order valence-electron chi connectivity index (χ2n) is 5.68. The molecule has 2 atom stereocenters. The third kappa shape index (κ3) is 2.28. The third-order valence-corrected chi connectivity index (χ3v) is 4.06. The molecule has 0 heterocycles. The van der Waals surface area contributed by atoms with Gasteiger partial charge in [0.15, 0.2) is 0 Å². The van der Waals surface area contributed by atoms with E-state index in [9.17, 15) is 14.0 Å². The van der Waals surface area contributed by atoms with Gasteiger partial charge in [-0.25, -0.2) is 4.39 Å². The maximum Gasteiger partial charge on any atom is 0.307 e. The summed E-state index contributed by atoms with van der Waals surface area (Å²) >= 11 is 0. The van der Waals surface area contributed by atoms with Crippen LogP contribution in [0.4, 0.5) is 10.1 Å². The maximum absolute atomic E-state index is 13.3. The predicted octanol–water partition coefficient (Wildman–Crippen LogP) is 2.54. The van der Waals surface area contributed by atoms with Crippen LogP contribution in [0.25, 0.3) is 0 Å². The molecule has 0 spiro atoms. The highest BCUT2D eigenvalue weighted by Gasteiger charge is 2.66. The number of benzene rings is 1. The molecular weight excluding hydrogens is 261 g/mol. The molecule has 1 aliphatic rings. The summed E-state index contributed by atoms with van der Waals surface area (Å²) in [5.41, 5.74) is -0.0896. The fourth-order valence-electron chi connectivity index (χ4n) is 2.84. The number of nitrogens with zero attached hydrogens (tertiary/aromatic N) is 1. The van der Waals surface area contributed by atoms with E-state index in [-0.39, 0.29) is 5.91 Å². The summed E-state index contributed by atoms with van der Waals surface area (Å²) in [5, 5.41) is 9.15. The molecule has 108 valence electrons. The van der Waals surface area contributed by atoms with Crippen molar-refractivity contribution in [3.8, 4) is 0 Å². The third-order valence-electron chi connectivity index (χ3n) is 4.06. The highest BCUT2D eigenvalue weighted by molar-refractivity contribution is 6.01. The van der Waals surface area contributed by atoms with Crippen LogP contribution in [0.1, 0.15) is 20.8 Å². The van der Waals surface area contributed by atoms with Gasteiger partial charge in [0, 0.05) is 12.2 Å². The molecule has 0 aliphatic heterocycles. The Hall–Kier alpha value is -1.91. The van der Waals surface area contributed by atoms with Crippen molar-refractivity contribution in [3.05, 3.63) is 30.1 Å². The number of halogens is 1. The Morgan fingerprint density at radius 3 is 2.45 bits per heavy atom. The number of hydrogen-bond donors (Lipinski definition) is 1. The Morgan fingerprint density at radius 2 is 2.00 bits per heavy atom. The van der Waals surface area contributed by atoms with Crippen molar-refractivity contribution >= 4 is 17.6 Å². The lowest BCUT2D eigenvalue weighted by atomic mass is 10.1. The molecule has 1 aliphatic carbocycles. The molecular formula is C15H18FNO3. The van der Waals surface area contributed by atoms with Crippen LogP contribution in [0.3, 0.4) is 0 Å². The molecule has 0 bridgehead atoms. The van der Waals surface area contributed by atoms with Gasteiger partial charge in [0.2, 0.25) is 5.91 Å². The number of aliphatic carboxylic acids is 1. The predicted molar refractivity (Wildman–Crippen MR) is 72.8 cm³/mol. The topological polar surface area (TPSA) is 57.6 Å². The molecule has 1 N–H and O–H groups in total. The van der Waals surface area contributed by atoms with Crippen molar-refractivity contribution in [2.24, 2.45) is 17.3 Å². The van der Waals surface area contributed by atoms with E-state index in [1.807, 2.05) is 0 Å². The van der Waals surface area contributed by atoms with Crippen LogP contribution in [0, 0.1) is 23.1 Å². The summed E-state index contributed by atoms with van der Waals surface area (Å²) in [7, 11) is 0. The zero-order valence-electron chi connectivity index (χ0n) is 11.8. The van der Waals surface area contributed by atoms with Crippen LogP contribution in [0.15, 0.2) is 24.3 Å². The van der Waals surface area contributed by atoms with E-state index in [0.29, 0.717) is 12.2 Å². The minimum absolute atomic E-state index is 0.254. The first kappa shape index (κ1) is 14.5. The Balaban J connectivity index is 2.26. The summed E-state index contributed by atoms with van der Waals surface area (Å²) in [6.45, 7) is 5.71. The van der Waals surface area contributed by atoms with Crippen LogP contribution in [0.2, 0.25) is 0 Å². The van der Waals surface area contributed by atoms with Crippen molar-refractivity contribution in [2.45, 2.75) is 20.8 Å². The number of carbonyl (C=O) groups excluding carboxylic acids is 1. The molecule has 20 heavy (non-hydrogen) atoms. The summed E-state index contributed by atoms with van der Waals surface area (Å²) in [6.07, 6.45) is 0. The highest BCUT2D eigenvalue weighted by Crippen LogP contribution is 2.59. The molecule has 4 nitrogen and oxygen atoms in total. The zero-order chi connectivity index (χ0) is 15.1. The van der Waals surface area contributed by atoms with E-state index in [1.165, 1.54) is 23.1 Å². The molecule has 1 aromatic rings. The summed E-state index contributed by atoms with van der Waals surface area (Å²) in [5.74, 6) is -2.85. The molecule has 1 fully saturated rings. The molecule has 2 unspecified atom stereocenters. The van der Waals surface area contributed by atoms with Gasteiger partial charge in [-0.3, -0.25) is 9.59 Å². The Kier molecular flexibility index (Phi) is 3.54. The van der Waals surface area contributed by atoms with Gasteiger partial charge in [0.25, 0.3) is 0 Å². The molecule has 1 aromatic carbocycles. The van der Waals surface area contributed by atoms with Crippen molar-refractivity contribution in [1.82, 2.24) is 0 Å². The second kappa shape index (κ2) is 4.89. The largest absolute Gasteiger partial charge is 0.481 e. The van der Waals surface area contributed by atoms with Gasteiger partial charge in [-0.15, -0.1) is 0 Å². The Morgan fingerprint density at radius 1 is 1.35 bits per heavy atom. The minimum Gasteiger partial charge on any atom is -0.481 e. The first-order chi connectivity index (χ1) is 9.30. The number of amides is 1. The van der Waals surface area contributed by atoms with E-state index in [2.05, 4.69) is 0 Å². The summed E-state index contributed by atoms with van der Waals surface area (Å²) in [6, 6.07) is 5.78. The molecule has 1 amide bonds. The lowest BCUT2D eigenvalue weighted by molar-refractivity contribution is -0.140. The molecule has 1 saturated carbocycles. The average Bonchev–Trinajstić information content (AvgIpc) is 2.93. The fraction of sp³-hybridized carbons (Fsp3) is 0.467. The Labute approximate surface area is 117 Å². The van der Waals surface area contributed by atoms with Gasteiger partial charge >= 0.3 is 5.97 Å². The van der Waals surface area contributed by atoms with Gasteiger partial charge in [-0.2, -0.15) is 0 Å². The SMILES string of the molecule is CCN(C(=O)C1C(C(=O)O)C1(C)C)c1cccc(F)c1. The van der Waals surface area contributed by atoms with E-state index >= 15 is 0 Å². The van der Waals surface area contributed by atoms with E-state index in [0.717, 1.165) is 0 Å². The average molecular weight is 279 g/mol. The van der Waals surface area contributed by atoms with Crippen LogP contribution in [-0.2, 0) is 9.59 Å². The number of anilines is 1. The normalized spacial score (nSPS) is 23.2. The second-order valence-corrected chi connectivity index (χ2v) is 5.68. The van der Waals surface area contributed by atoms with Gasteiger partial charge in [0.05, 0.1) is 11.8 Å². The van der Waals surface area contributed by atoms with Gasteiger partial charge in [0.1, 0.15) is 5.82 Å². The van der Waals surface area contributed by atoms with Crippen molar-refractivity contribution in [2.75, 3.05) is 11.4 Å². The number of carbonyl (C=O) groups is 2. The lowest BCUT2D eigenvalue weighted by Gasteiger charge is -2.22. The summed E-state index contributed by atoms with van der Waals surface area (Å²) in [4.78, 5) is 25.1. The fourth-order valence-corrected chi connectivity index (χ4v) is 2.84. The van der Waals surface area contributed by atoms with Crippen molar-refractivity contribution < 1.29 is 19.1 Å². The minimum atomic E-state index is -0.955. The quantitative estimate of drug-likeness (QED) is 0.921. The maximum atomic E-state index is 13.3. The number of carboxylic acid groups (broad SMARTS) is 1. The molecule has 2 rings (SSSR count). The number of rotatable bonds is 4. The highest BCUT2D eigenvalue weighted by atomic mass is 19.1. The number of hydrogen-bond acceptors (Lipinski definition) is 2. The van der Waals surface area contributed by atoms with Crippen LogP contribution in [0.5, 0.6) is 0 Å². The zero-order valence-corrected chi connectivity index (χ0v) is 11.8. The van der Waals surface area contributed by atoms with Crippen LogP contribution >= 0.6 is 0 Å². The van der Waals surface area contributed by atoms with Crippen LogP contribution < -0.4 is 4.90 Å². The van der Waals surface area contributed by atoms with Crippen LogP contribution in [-0.4, -0.2) is 23.5 Å².